The first-order chi connectivity index (χ1) is 10.1. The van der Waals surface area contributed by atoms with Crippen molar-refractivity contribution in [2.45, 2.75) is 37.8 Å². The van der Waals surface area contributed by atoms with Crippen LogP contribution < -0.4 is 11.1 Å². The van der Waals surface area contributed by atoms with Crippen molar-refractivity contribution in [3.8, 4) is 0 Å². The summed E-state index contributed by atoms with van der Waals surface area (Å²) < 4.78 is 4.95. The fourth-order valence-electron chi connectivity index (χ4n) is 2.95. The van der Waals surface area contributed by atoms with Crippen LogP contribution >= 0.6 is 24.0 Å². The lowest BCUT2D eigenvalue weighted by Crippen LogP contribution is -2.46. The van der Waals surface area contributed by atoms with E-state index in [2.05, 4.69) is 5.32 Å². The number of amides is 1. The number of rotatable bonds is 6. The summed E-state index contributed by atoms with van der Waals surface area (Å²) in [5.74, 6) is 0.300. The van der Waals surface area contributed by atoms with Crippen LogP contribution in [-0.2, 0) is 9.53 Å². The van der Waals surface area contributed by atoms with Gasteiger partial charge in [-0.25, -0.2) is 0 Å². The molecule has 0 radical (unpaired) electrons. The van der Waals surface area contributed by atoms with Gasteiger partial charge in [-0.3, -0.25) is 4.79 Å². The molecule has 1 aliphatic rings. The minimum absolute atomic E-state index is 0. The number of carbonyl (C=O) groups excluding carboxylic acids is 1. The van der Waals surface area contributed by atoms with Crippen molar-refractivity contribution in [1.82, 2.24) is 5.32 Å². The summed E-state index contributed by atoms with van der Waals surface area (Å²) in [5, 5.41) is 3.79. The minimum Gasteiger partial charge on any atom is -0.383 e. The van der Waals surface area contributed by atoms with Crippen molar-refractivity contribution in [3.05, 3.63) is 34.9 Å². The predicted molar refractivity (Wildman–Crippen MR) is 91.4 cm³/mol. The molecule has 4 nitrogen and oxygen atoms in total. The van der Waals surface area contributed by atoms with Gasteiger partial charge in [0.1, 0.15) is 6.04 Å². The Balaban J connectivity index is 0.00000242. The molecule has 0 aromatic heterocycles. The molecule has 1 amide bonds. The second-order valence-corrected chi connectivity index (χ2v) is 6.08. The summed E-state index contributed by atoms with van der Waals surface area (Å²) in [4.78, 5) is 12.2. The Labute approximate surface area is 143 Å². The largest absolute Gasteiger partial charge is 0.383 e. The van der Waals surface area contributed by atoms with Crippen molar-refractivity contribution < 1.29 is 9.53 Å². The molecule has 1 aromatic rings. The molecule has 2 rings (SSSR count). The maximum Gasteiger partial charge on any atom is 0.239 e. The monoisotopic (exact) mass is 346 g/mol. The third kappa shape index (κ3) is 5.13. The third-order valence-corrected chi connectivity index (χ3v) is 4.33. The summed E-state index contributed by atoms with van der Waals surface area (Å²) in [6.45, 7) is 0.226. The van der Waals surface area contributed by atoms with Gasteiger partial charge in [-0.2, -0.15) is 0 Å². The summed E-state index contributed by atoms with van der Waals surface area (Å²) >= 11 is 5.95. The fourth-order valence-corrected chi connectivity index (χ4v) is 3.08. The van der Waals surface area contributed by atoms with E-state index in [9.17, 15) is 4.79 Å². The smallest absolute Gasteiger partial charge is 0.239 e. The van der Waals surface area contributed by atoms with Gasteiger partial charge in [0.15, 0.2) is 0 Å². The summed E-state index contributed by atoms with van der Waals surface area (Å²) in [7, 11) is 1.54. The zero-order chi connectivity index (χ0) is 15.2. The van der Waals surface area contributed by atoms with E-state index in [1.54, 1.807) is 7.11 Å². The van der Waals surface area contributed by atoms with Crippen LogP contribution in [0.4, 0.5) is 0 Å². The molecule has 1 aromatic carbocycles. The molecule has 1 aliphatic carbocycles. The van der Waals surface area contributed by atoms with Crippen molar-refractivity contribution in [2.75, 3.05) is 13.7 Å². The Bertz CT molecular complexity index is 462. The fraction of sp³-hybridized carbons (Fsp3) is 0.562. The Morgan fingerprint density at radius 1 is 1.36 bits per heavy atom. The number of halogens is 2. The molecule has 1 saturated carbocycles. The summed E-state index contributed by atoms with van der Waals surface area (Å²) in [6.07, 6.45) is 4.70. The molecule has 1 fully saturated rings. The number of hydrogen-bond acceptors (Lipinski definition) is 3. The summed E-state index contributed by atoms with van der Waals surface area (Å²) in [6, 6.07) is 7.05. The molecule has 0 saturated heterocycles. The van der Waals surface area contributed by atoms with Crippen molar-refractivity contribution in [3.63, 3.8) is 0 Å². The lowest BCUT2D eigenvalue weighted by Gasteiger charge is -2.26. The van der Waals surface area contributed by atoms with Crippen molar-refractivity contribution in [2.24, 2.45) is 11.7 Å². The first-order valence-corrected chi connectivity index (χ1v) is 7.80. The van der Waals surface area contributed by atoms with E-state index < -0.39 is 6.04 Å². The summed E-state index contributed by atoms with van der Waals surface area (Å²) in [5.41, 5.74) is 6.91. The molecule has 22 heavy (non-hydrogen) atoms. The number of hydrogen-bond donors (Lipinski definition) is 2. The molecular weight excluding hydrogens is 323 g/mol. The second-order valence-electron chi connectivity index (χ2n) is 5.64. The maximum absolute atomic E-state index is 12.2. The highest BCUT2D eigenvalue weighted by atomic mass is 35.5. The van der Waals surface area contributed by atoms with Gasteiger partial charge >= 0.3 is 0 Å². The molecule has 0 spiro atoms. The molecule has 0 aliphatic heterocycles. The third-order valence-electron chi connectivity index (χ3n) is 4.08. The highest BCUT2D eigenvalue weighted by molar-refractivity contribution is 6.30. The van der Waals surface area contributed by atoms with E-state index >= 15 is 0 Å². The topological polar surface area (TPSA) is 64.3 Å². The lowest BCUT2D eigenvalue weighted by molar-refractivity contribution is -0.124. The maximum atomic E-state index is 12.2. The van der Waals surface area contributed by atoms with Gasteiger partial charge in [0.2, 0.25) is 5.91 Å². The zero-order valence-electron chi connectivity index (χ0n) is 12.8. The molecular formula is C16H24Cl2N2O2. The quantitative estimate of drug-likeness (QED) is 0.831. The highest BCUT2D eigenvalue weighted by Gasteiger charge is 2.29. The van der Waals surface area contributed by atoms with Crippen LogP contribution in [0.3, 0.4) is 0 Å². The first kappa shape index (κ1) is 19.2. The van der Waals surface area contributed by atoms with Crippen LogP contribution in [-0.4, -0.2) is 25.7 Å². The van der Waals surface area contributed by atoms with E-state index in [4.69, 9.17) is 22.1 Å². The van der Waals surface area contributed by atoms with Gasteiger partial charge in [0.25, 0.3) is 0 Å². The van der Waals surface area contributed by atoms with E-state index in [0.29, 0.717) is 10.9 Å². The van der Waals surface area contributed by atoms with Crippen LogP contribution in [0, 0.1) is 5.92 Å². The average Bonchev–Trinajstić information content (AvgIpc) is 3.00. The SMILES string of the molecule is COCC(N)C(=O)NC(c1ccc(Cl)cc1)C1CCCC1.Cl. The Morgan fingerprint density at radius 3 is 2.50 bits per heavy atom. The van der Waals surface area contributed by atoms with Gasteiger partial charge in [0.05, 0.1) is 12.6 Å². The predicted octanol–water partition coefficient (Wildman–Crippen LogP) is 3.08. The Hall–Kier alpha value is -0.810. The average molecular weight is 347 g/mol. The standard InChI is InChI=1S/C16H23ClN2O2.ClH/c1-21-10-14(18)16(20)19-15(11-4-2-3-5-11)12-6-8-13(17)9-7-12;/h6-9,11,14-15H,2-5,10,18H2,1H3,(H,19,20);1H. The van der Waals surface area contributed by atoms with Crippen molar-refractivity contribution >= 4 is 29.9 Å². The number of carbonyl (C=O) groups is 1. The van der Waals surface area contributed by atoms with Gasteiger partial charge in [-0.15, -0.1) is 12.4 Å². The molecule has 3 N–H and O–H groups in total. The van der Waals surface area contributed by atoms with Gasteiger partial charge in [-0.1, -0.05) is 36.6 Å². The van der Waals surface area contributed by atoms with Gasteiger partial charge < -0.3 is 15.8 Å². The van der Waals surface area contributed by atoms with Crippen LogP contribution in [0.25, 0.3) is 0 Å². The van der Waals surface area contributed by atoms with Gasteiger partial charge in [-0.05, 0) is 36.5 Å². The van der Waals surface area contributed by atoms with Gasteiger partial charge in [0, 0.05) is 12.1 Å². The van der Waals surface area contributed by atoms with E-state index in [1.807, 2.05) is 24.3 Å². The zero-order valence-corrected chi connectivity index (χ0v) is 14.3. The molecule has 2 atom stereocenters. The van der Waals surface area contributed by atoms with E-state index in [-0.39, 0.29) is 31.0 Å². The minimum atomic E-state index is -0.633. The Kier molecular flexibility index (Phi) is 8.18. The molecule has 6 heteroatoms. The Morgan fingerprint density at radius 2 is 1.95 bits per heavy atom. The number of benzene rings is 1. The van der Waals surface area contributed by atoms with Crippen LogP contribution in [0.5, 0.6) is 0 Å². The molecule has 2 unspecified atom stereocenters. The molecule has 0 heterocycles. The van der Waals surface area contributed by atoms with E-state index in [1.165, 1.54) is 12.8 Å². The first-order valence-electron chi connectivity index (χ1n) is 7.42. The normalized spacial score (nSPS) is 17.6. The van der Waals surface area contributed by atoms with Crippen molar-refractivity contribution in [1.29, 1.82) is 0 Å². The molecule has 124 valence electrons. The van der Waals surface area contributed by atoms with Crippen LogP contribution in [0.2, 0.25) is 5.02 Å². The lowest BCUT2D eigenvalue weighted by atomic mass is 9.91. The number of nitrogens with two attached hydrogens (primary N) is 1. The second kappa shape index (κ2) is 9.36. The number of methoxy groups -OCH3 is 1. The number of nitrogens with one attached hydrogen (secondary N) is 1. The van der Waals surface area contributed by atoms with Crippen LogP contribution in [0.1, 0.15) is 37.3 Å². The van der Waals surface area contributed by atoms with E-state index in [0.717, 1.165) is 18.4 Å². The van der Waals surface area contributed by atoms with Crippen LogP contribution in [0.15, 0.2) is 24.3 Å². The highest BCUT2D eigenvalue weighted by Crippen LogP contribution is 2.36. The number of ether oxygens (including phenoxy) is 1. The molecule has 0 bridgehead atoms.